The first-order valence-electron chi connectivity index (χ1n) is 5.85. The van der Waals surface area contributed by atoms with Crippen molar-refractivity contribution in [2.45, 2.75) is 50.6 Å². The Hall–Kier alpha value is -0.220. The van der Waals surface area contributed by atoms with Crippen LogP contribution in [0.1, 0.15) is 49.7 Å². The van der Waals surface area contributed by atoms with Gasteiger partial charge in [0.2, 0.25) is 0 Å². The zero-order valence-corrected chi connectivity index (χ0v) is 11.6. The van der Waals surface area contributed by atoms with Crippen LogP contribution >= 0.6 is 18.9 Å². The van der Waals surface area contributed by atoms with E-state index in [0.717, 1.165) is 17.8 Å². The number of hydrogen-bond donors (Lipinski definition) is 0. The van der Waals surface area contributed by atoms with Gasteiger partial charge in [-0.1, -0.05) is 33.8 Å². The van der Waals surface area contributed by atoms with Gasteiger partial charge in [0, 0.05) is 17.0 Å². The number of rotatable bonds is 3. The van der Waals surface area contributed by atoms with Gasteiger partial charge in [-0.15, -0.1) is 11.3 Å². The number of hydrogen-bond acceptors (Lipinski definition) is 5. The Morgan fingerprint density at radius 3 is 2.65 bits per heavy atom. The molecule has 1 heterocycles. The van der Waals surface area contributed by atoms with Crippen LogP contribution in [0.5, 0.6) is 0 Å². The molecule has 0 amide bonds. The van der Waals surface area contributed by atoms with E-state index < -0.39 is 13.8 Å². The first-order valence-corrected chi connectivity index (χ1v) is 8.46. The third-order valence-electron chi connectivity index (χ3n) is 3.38. The molecule has 1 aromatic rings. The van der Waals surface area contributed by atoms with Gasteiger partial charge in [0.05, 0.1) is 10.7 Å². The summed E-state index contributed by atoms with van der Waals surface area (Å²) >= 11 is 1.49. The monoisotopic (exact) mass is 273 g/mol. The highest BCUT2D eigenvalue weighted by atomic mass is 32.1. The third-order valence-corrected chi connectivity index (χ3v) is 5.29. The van der Waals surface area contributed by atoms with Crippen LogP contribution in [0.25, 0.3) is 0 Å². The molecule has 1 fully saturated rings. The van der Waals surface area contributed by atoms with Crippen molar-refractivity contribution >= 4 is 18.9 Å². The predicted molar refractivity (Wildman–Crippen MR) is 63.9 cm³/mol. The molecule has 1 aromatic heterocycles. The second-order valence-corrected chi connectivity index (χ2v) is 7.43. The van der Waals surface area contributed by atoms with E-state index in [9.17, 15) is 14.4 Å². The van der Waals surface area contributed by atoms with Gasteiger partial charge < -0.3 is 14.4 Å². The van der Waals surface area contributed by atoms with E-state index in [2.05, 4.69) is 11.9 Å². The highest BCUT2D eigenvalue weighted by molar-refractivity contribution is 7.47. The smallest absolute Gasteiger partial charge is 0.0987 e. The summed E-state index contributed by atoms with van der Waals surface area (Å²) in [6.45, 7) is 2.18. The molecule has 6 heteroatoms. The van der Waals surface area contributed by atoms with E-state index in [0.29, 0.717) is 5.69 Å². The summed E-state index contributed by atoms with van der Waals surface area (Å²) in [6, 6.07) is 0. The number of nitrogens with zero attached hydrogens (tertiary/aromatic N) is 1. The molecular formula is C11H16NO3PS-2. The lowest BCUT2D eigenvalue weighted by atomic mass is 9.76. The summed E-state index contributed by atoms with van der Waals surface area (Å²) in [5, 5.41) is 2.69. The van der Waals surface area contributed by atoms with Crippen LogP contribution in [0.3, 0.4) is 0 Å². The van der Waals surface area contributed by atoms with E-state index in [4.69, 9.17) is 0 Å². The minimum atomic E-state index is -4.49. The first-order chi connectivity index (χ1) is 7.89. The molecule has 0 unspecified atom stereocenters. The second-order valence-electron chi connectivity index (χ2n) is 5.03. The van der Waals surface area contributed by atoms with E-state index in [1.165, 1.54) is 30.6 Å². The molecule has 0 radical (unpaired) electrons. The van der Waals surface area contributed by atoms with E-state index >= 15 is 0 Å². The van der Waals surface area contributed by atoms with Crippen LogP contribution in [0.4, 0.5) is 0 Å². The highest BCUT2D eigenvalue weighted by Gasteiger charge is 2.31. The van der Waals surface area contributed by atoms with Crippen LogP contribution < -0.4 is 9.79 Å². The van der Waals surface area contributed by atoms with Crippen molar-refractivity contribution in [2.24, 2.45) is 0 Å². The lowest BCUT2D eigenvalue weighted by molar-refractivity contribution is -0.314. The van der Waals surface area contributed by atoms with Crippen LogP contribution in [0.2, 0.25) is 0 Å². The third kappa shape index (κ3) is 3.38. The van der Waals surface area contributed by atoms with Crippen LogP contribution in [-0.2, 0) is 16.1 Å². The average Bonchev–Trinajstić information content (AvgIpc) is 2.65. The Balaban J connectivity index is 2.14. The highest BCUT2D eigenvalue weighted by Crippen LogP contribution is 2.41. The molecule has 0 aromatic carbocycles. The normalized spacial score (nSPS) is 20.4. The minimum absolute atomic E-state index is 0.0803. The zero-order chi connectivity index (χ0) is 12.5. The van der Waals surface area contributed by atoms with Gasteiger partial charge in [-0.3, -0.25) is 0 Å². The van der Waals surface area contributed by atoms with Crippen molar-refractivity contribution in [3.63, 3.8) is 0 Å². The topological polar surface area (TPSA) is 76.1 Å². The summed E-state index contributed by atoms with van der Waals surface area (Å²) in [7, 11) is -4.49. The summed E-state index contributed by atoms with van der Waals surface area (Å²) in [6.07, 6.45) is 5.42. The van der Waals surface area contributed by atoms with Crippen molar-refractivity contribution in [1.82, 2.24) is 4.98 Å². The first kappa shape index (κ1) is 13.2. The molecular weight excluding hydrogens is 257 g/mol. The summed E-state index contributed by atoms with van der Waals surface area (Å²) in [5.74, 6) is 0. The molecule has 0 spiro atoms. The molecule has 4 nitrogen and oxygen atoms in total. The van der Waals surface area contributed by atoms with Crippen LogP contribution in [0.15, 0.2) is 5.38 Å². The predicted octanol–water partition coefficient (Wildman–Crippen LogP) is 1.78. The molecule has 0 N–H and O–H groups in total. The van der Waals surface area contributed by atoms with Gasteiger partial charge in [-0.2, -0.15) is 0 Å². The molecule has 1 saturated carbocycles. The fraction of sp³-hybridized carbons (Fsp3) is 0.727. The Bertz CT molecular complexity index is 434. The zero-order valence-electron chi connectivity index (χ0n) is 9.85. The standard InChI is InChI=1S/C11H18NO3PS/c1-11(5-3-2-4-6-11)10-12-9(8-17-10)7-16(13,14)15/h8H,2-7H2,1H3,(H2,13,14,15)/p-2. The van der Waals surface area contributed by atoms with Gasteiger partial charge in [0.1, 0.15) is 0 Å². The van der Waals surface area contributed by atoms with Gasteiger partial charge >= 0.3 is 0 Å². The van der Waals surface area contributed by atoms with Gasteiger partial charge in [-0.25, -0.2) is 4.98 Å². The summed E-state index contributed by atoms with van der Waals surface area (Å²) < 4.78 is 10.7. The molecule has 0 bridgehead atoms. The molecule has 2 rings (SSSR count). The van der Waals surface area contributed by atoms with Crippen molar-refractivity contribution in [3.8, 4) is 0 Å². The fourth-order valence-corrected chi connectivity index (χ4v) is 4.13. The van der Waals surface area contributed by atoms with E-state index in [-0.39, 0.29) is 5.41 Å². The average molecular weight is 273 g/mol. The SMILES string of the molecule is CC1(c2nc(CP(=O)([O-])[O-])cs2)CCCCC1. The largest absolute Gasteiger partial charge is 0.810 e. The van der Waals surface area contributed by atoms with Gasteiger partial charge in [0.15, 0.2) is 0 Å². The van der Waals surface area contributed by atoms with Crippen molar-refractivity contribution < 1.29 is 14.4 Å². The maximum absolute atomic E-state index is 10.7. The van der Waals surface area contributed by atoms with E-state index in [1.54, 1.807) is 5.38 Å². The number of aromatic nitrogens is 1. The van der Waals surface area contributed by atoms with Crippen molar-refractivity contribution in [3.05, 3.63) is 16.1 Å². The minimum Gasteiger partial charge on any atom is -0.810 e. The van der Waals surface area contributed by atoms with Crippen molar-refractivity contribution in [1.29, 1.82) is 0 Å². The molecule has 0 aliphatic heterocycles. The maximum Gasteiger partial charge on any atom is 0.0987 e. The van der Waals surface area contributed by atoms with E-state index in [1.807, 2.05) is 0 Å². The molecule has 96 valence electrons. The van der Waals surface area contributed by atoms with Crippen LogP contribution in [0, 0.1) is 0 Å². The Labute approximate surface area is 105 Å². The van der Waals surface area contributed by atoms with Gasteiger partial charge in [0.25, 0.3) is 0 Å². The Morgan fingerprint density at radius 2 is 2.06 bits per heavy atom. The molecule has 1 aliphatic carbocycles. The fourth-order valence-electron chi connectivity index (χ4n) is 2.40. The molecule has 17 heavy (non-hydrogen) atoms. The van der Waals surface area contributed by atoms with Crippen LogP contribution in [-0.4, -0.2) is 4.98 Å². The Morgan fingerprint density at radius 1 is 1.41 bits per heavy atom. The quantitative estimate of drug-likeness (QED) is 0.786. The molecule has 0 saturated heterocycles. The lowest BCUT2D eigenvalue weighted by Gasteiger charge is -2.31. The summed E-state index contributed by atoms with van der Waals surface area (Å²) in [4.78, 5) is 25.7. The van der Waals surface area contributed by atoms with Crippen molar-refractivity contribution in [2.75, 3.05) is 0 Å². The second kappa shape index (κ2) is 4.81. The lowest BCUT2D eigenvalue weighted by Crippen LogP contribution is -2.25. The van der Waals surface area contributed by atoms with Gasteiger partial charge in [-0.05, 0) is 12.8 Å². The summed E-state index contributed by atoms with van der Waals surface area (Å²) in [5.41, 5.74) is 0.488. The number of thiazole rings is 1. The molecule has 1 aliphatic rings. The molecule has 0 atom stereocenters. The maximum atomic E-state index is 10.7. The Kier molecular flexibility index (Phi) is 3.74.